The molecule has 7 nitrogen and oxygen atoms in total. The Hall–Kier alpha value is -2.25. The minimum Gasteiger partial charge on any atom is -0.481 e. The largest absolute Gasteiger partial charge is 0.481 e. The number of likely N-dealkylation sites (N-methyl/N-ethyl adjacent to an activating group) is 1. The molecule has 1 atom stereocenters. The van der Waals surface area contributed by atoms with E-state index in [0.29, 0.717) is 21.9 Å². The van der Waals surface area contributed by atoms with E-state index in [4.69, 9.17) is 28.3 Å². The molecule has 3 rings (SSSR count). The zero-order valence-electron chi connectivity index (χ0n) is 13.3. The van der Waals surface area contributed by atoms with Crippen LogP contribution in [-0.2, 0) is 9.59 Å². The lowest BCUT2D eigenvalue weighted by molar-refractivity contribution is -0.137. The van der Waals surface area contributed by atoms with Gasteiger partial charge in [0.15, 0.2) is 0 Å². The number of halogens is 2. The second-order valence-corrected chi connectivity index (χ2v) is 6.60. The summed E-state index contributed by atoms with van der Waals surface area (Å²) >= 11 is 12.3. The summed E-state index contributed by atoms with van der Waals surface area (Å²) in [4.78, 5) is 38.7. The summed E-state index contributed by atoms with van der Waals surface area (Å²) in [6.07, 6.45) is -0.167. The predicted octanol–water partition coefficient (Wildman–Crippen LogP) is 2.26. The molecule has 1 unspecified atom stereocenters. The van der Waals surface area contributed by atoms with Crippen LogP contribution in [0.25, 0.3) is 0 Å². The number of hydrogen-bond donors (Lipinski definition) is 2. The van der Waals surface area contributed by atoms with Crippen LogP contribution in [0.1, 0.15) is 18.0 Å². The van der Waals surface area contributed by atoms with Crippen LogP contribution >= 0.6 is 23.2 Å². The second-order valence-electron chi connectivity index (χ2n) is 5.82. The molecule has 2 heterocycles. The lowest BCUT2D eigenvalue weighted by atomic mass is 9.95. The van der Waals surface area contributed by atoms with E-state index in [-0.39, 0.29) is 36.5 Å². The number of carboxylic acids is 1. The quantitative estimate of drug-likeness (QED) is 0.834. The standard InChI is InChI=1S/C16H15Cl2N3O4/c1-20-10-7-21(6-5-11(22)23)15(24)12(10)14(19-16(20)25)8-3-2-4-9(17)13(8)18/h2-4,14H,5-7H2,1H3,(H,19,25)(H,22,23). The first kappa shape index (κ1) is 17.6. The summed E-state index contributed by atoms with van der Waals surface area (Å²) in [5.74, 6) is -1.31. The van der Waals surface area contributed by atoms with E-state index in [9.17, 15) is 14.4 Å². The van der Waals surface area contributed by atoms with E-state index in [1.165, 1.54) is 9.80 Å². The van der Waals surface area contributed by atoms with Gasteiger partial charge in [0, 0.05) is 13.6 Å². The first-order chi connectivity index (χ1) is 11.8. The number of urea groups is 1. The van der Waals surface area contributed by atoms with Crippen LogP contribution in [0.2, 0.25) is 10.0 Å². The van der Waals surface area contributed by atoms with Gasteiger partial charge < -0.3 is 15.3 Å². The normalized spacial score (nSPS) is 20.0. The van der Waals surface area contributed by atoms with Crippen LogP contribution < -0.4 is 5.32 Å². The topological polar surface area (TPSA) is 90.0 Å². The third kappa shape index (κ3) is 3.05. The maximum absolute atomic E-state index is 12.8. The van der Waals surface area contributed by atoms with Gasteiger partial charge in [0.05, 0.1) is 40.3 Å². The molecule has 0 radical (unpaired) electrons. The molecule has 132 valence electrons. The van der Waals surface area contributed by atoms with Crippen molar-refractivity contribution in [2.75, 3.05) is 20.1 Å². The maximum atomic E-state index is 12.8. The molecule has 1 aromatic rings. The van der Waals surface area contributed by atoms with Crippen LogP contribution in [0.3, 0.4) is 0 Å². The number of carbonyl (C=O) groups is 3. The Kier molecular flexibility index (Phi) is 4.62. The Bertz CT molecular complexity index is 809. The third-order valence-electron chi connectivity index (χ3n) is 4.32. The highest BCUT2D eigenvalue weighted by Crippen LogP contribution is 2.39. The zero-order valence-corrected chi connectivity index (χ0v) is 14.8. The Balaban J connectivity index is 2.00. The van der Waals surface area contributed by atoms with Gasteiger partial charge in [-0.15, -0.1) is 0 Å². The van der Waals surface area contributed by atoms with E-state index >= 15 is 0 Å². The third-order valence-corrected chi connectivity index (χ3v) is 5.16. The minimum atomic E-state index is -0.991. The SMILES string of the molecule is CN1C(=O)NC(c2cccc(Cl)c2Cl)C2=C1CN(CCC(=O)O)C2=O. The van der Waals surface area contributed by atoms with Crippen molar-refractivity contribution >= 4 is 41.1 Å². The fraction of sp³-hybridized carbons (Fsp3) is 0.312. The zero-order chi connectivity index (χ0) is 18.3. The van der Waals surface area contributed by atoms with Crippen molar-refractivity contribution in [2.45, 2.75) is 12.5 Å². The number of amides is 3. The summed E-state index contributed by atoms with van der Waals surface area (Å²) < 4.78 is 0. The van der Waals surface area contributed by atoms with Crippen LogP contribution in [0.4, 0.5) is 4.79 Å². The molecule has 0 saturated carbocycles. The van der Waals surface area contributed by atoms with E-state index in [1.807, 2.05) is 0 Å². The molecule has 0 bridgehead atoms. The average Bonchev–Trinajstić information content (AvgIpc) is 2.89. The number of benzene rings is 1. The second kappa shape index (κ2) is 6.57. The van der Waals surface area contributed by atoms with Crippen molar-refractivity contribution < 1.29 is 19.5 Å². The van der Waals surface area contributed by atoms with Gasteiger partial charge in [0.25, 0.3) is 5.91 Å². The fourth-order valence-electron chi connectivity index (χ4n) is 3.01. The van der Waals surface area contributed by atoms with Crippen molar-refractivity contribution in [1.29, 1.82) is 0 Å². The number of rotatable bonds is 4. The highest BCUT2D eigenvalue weighted by Gasteiger charge is 2.43. The van der Waals surface area contributed by atoms with E-state index < -0.39 is 12.0 Å². The Morgan fingerprint density at radius 3 is 2.76 bits per heavy atom. The van der Waals surface area contributed by atoms with Crippen molar-refractivity contribution in [3.8, 4) is 0 Å². The van der Waals surface area contributed by atoms with E-state index in [1.54, 1.807) is 25.2 Å². The summed E-state index contributed by atoms with van der Waals surface area (Å²) in [5, 5.41) is 12.2. The predicted molar refractivity (Wildman–Crippen MR) is 91.4 cm³/mol. The van der Waals surface area contributed by atoms with Crippen molar-refractivity contribution in [1.82, 2.24) is 15.1 Å². The van der Waals surface area contributed by atoms with E-state index in [2.05, 4.69) is 5.32 Å². The fourth-order valence-corrected chi connectivity index (χ4v) is 3.43. The van der Waals surface area contributed by atoms with Gasteiger partial charge in [-0.2, -0.15) is 0 Å². The summed E-state index contributed by atoms with van der Waals surface area (Å²) in [5.41, 5.74) is 1.45. The van der Waals surface area contributed by atoms with Gasteiger partial charge in [-0.3, -0.25) is 14.5 Å². The lowest BCUT2D eigenvalue weighted by Crippen LogP contribution is -2.45. The Labute approximate surface area is 153 Å². The van der Waals surface area contributed by atoms with Gasteiger partial charge in [-0.05, 0) is 11.6 Å². The molecular formula is C16H15Cl2N3O4. The Morgan fingerprint density at radius 2 is 2.08 bits per heavy atom. The van der Waals surface area contributed by atoms with Crippen molar-refractivity contribution in [3.63, 3.8) is 0 Å². The summed E-state index contributed by atoms with van der Waals surface area (Å²) in [6.45, 7) is 0.249. The number of aliphatic carboxylic acids is 1. The van der Waals surface area contributed by atoms with Crippen LogP contribution in [0, 0.1) is 0 Å². The average molecular weight is 384 g/mol. The lowest BCUT2D eigenvalue weighted by Gasteiger charge is -2.31. The molecule has 2 N–H and O–H groups in total. The van der Waals surface area contributed by atoms with Gasteiger partial charge in [0.2, 0.25) is 0 Å². The van der Waals surface area contributed by atoms with E-state index in [0.717, 1.165) is 0 Å². The van der Waals surface area contributed by atoms with Gasteiger partial charge >= 0.3 is 12.0 Å². The molecule has 9 heteroatoms. The van der Waals surface area contributed by atoms with Gasteiger partial charge in [-0.1, -0.05) is 35.3 Å². The molecule has 0 saturated heterocycles. The van der Waals surface area contributed by atoms with Crippen LogP contribution in [-0.4, -0.2) is 53.0 Å². The number of hydrogen-bond acceptors (Lipinski definition) is 3. The first-order valence-electron chi connectivity index (χ1n) is 7.53. The molecule has 0 aromatic heterocycles. The molecule has 0 aliphatic carbocycles. The molecular weight excluding hydrogens is 369 g/mol. The minimum absolute atomic E-state index is 0.0686. The molecule has 0 fully saturated rings. The molecule has 2 aliphatic rings. The summed E-state index contributed by atoms with van der Waals surface area (Å²) in [7, 11) is 1.56. The molecule has 1 aromatic carbocycles. The van der Waals surface area contributed by atoms with Crippen LogP contribution in [0.15, 0.2) is 29.5 Å². The maximum Gasteiger partial charge on any atom is 0.322 e. The van der Waals surface area contributed by atoms with Gasteiger partial charge in [-0.25, -0.2) is 4.79 Å². The Morgan fingerprint density at radius 1 is 1.36 bits per heavy atom. The number of nitrogens with zero attached hydrogens (tertiary/aromatic N) is 2. The van der Waals surface area contributed by atoms with Crippen LogP contribution in [0.5, 0.6) is 0 Å². The monoisotopic (exact) mass is 383 g/mol. The molecule has 2 aliphatic heterocycles. The molecule has 3 amide bonds. The first-order valence-corrected chi connectivity index (χ1v) is 8.29. The number of carbonyl (C=O) groups excluding carboxylic acids is 2. The highest BCUT2D eigenvalue weighted by molar-refractivity contribution is 6.42. The molecule has 25 heavy (non-hydrogen) atoms. The molecule has 0 spiro atoms. The number of nitrogens with one attached hydrogen (secondary N) is 1. The number of carboxylic acid groups (broad SMARTS) is 1. The summed E-state index contributed by atoms with van der Waals surface area (Å²) in [6, 6.07) is 3.91. The highest BCUT2D eigenvalue weighted by atomic mass is 35.5. The van der Waals surface area contributed by atoms with Crippen molar-refractivity contribution in [3.05, 3.63) is 45.1 Å². The smallest absolute Gasteiger partial charge is 0.322 e. The van der Waals surface area contributed by atoms with Crippen molar-refractivity contribution in [2.24, 2.45) is 0 Å². The van der Waals surface area contributed by atoms with Gasteiger partial charge in [0.1, 0.15) is 0 Å².